The first-order valence-electron chi connectivity index (χ1n) is 13.3. The Morgan fingerprint density at radius 1 is 1.06 bits per heavy atom. The fourth-order valence-electron chi connectivity index (χ4n) is 4.87. The summed E-state index contributed by atoms with van der Waals surface area (Å²) in [6, 6.07) is 5.17. The summed E-state index contributed by atoms with van der Waals surface area (Å²) in [7, 11) is 0. The van der Waals surface area contributed by atoms with Crippen molar-refractivity contribution in [2.45, 2.75) is 118 Å². The van der Waals surface area contributed by atoms with E-state index in [-0.39, 0.29) is 23.2 Å². The van der Waals surface area contributed by atoms with Crippen LogP contribution in [-0.4, -0.2) is 30.7 Å². The van der Waals surface area contributed by atoms with Crippen molar-refractivity contribution in [3.05, 3.63) is 29.6 Å². The molecular weight excluding hydrogens is 459 g/mol. The van der Waals surface area contributed by atoms with Crippen LogP contribution in [0, 0.1) is 24.1 Å². The Morgan fingerprint density at radius 3 is 1.97 bits per heavy atom. The van der Waals surface area contributed by atoms with Gasteiger partial charge in [-0.2, -0.15) is 0 Å². The predicted octanol–water partition coefficient (Wildman–Crippen LogP) is 7.80. The lowest BCUT2D eigenvalue weighted by molar-refractivity contribution is -0.147. The maximum absolute atomic E-state index is 13.7. The van der Waals surface area contributed by atoms with Crippen LogP contribution in [0.1, 0.15) is 111 Å². The number of rotatable bonds is 10. The number of Topliss-reactive ketones (excluding diaryl/α,β-unsaturated/α-hetero) is 1. The number of halogens is 1. The van der Waals surface area contributed by atoms with Crippen molar-refractivity contribution in [2.75, 3.05) is 6.61 Å². The lowest BCUT2D eigenvalue weighted by Crippen LogP contribution is -2.37. The second-order valence-corrected chi connectivity index (χ2v) is 10.7. The highest BCUT2D eigenvalue weighted by atomic mass is 19.1. The van der Waals surface area contributed by atoms with Gasteiger partial charge in [0.15, 0.2) is 11.6 Å². The van der Waals surface area contributed by atoms with Crippen LogP contribution in [-0.2, 0) is 19.1 Å². The maximum atomic E-state index is 13.7. The third-order valence-corrected chi connectivity index (χ3v) is 6.45. The molecule has 0 heterocycles. The molecule has 1 aromatic carbocycles. The van der Waals surface area contributed by atoms with Gasteiger partial charge in [0.05, 0.1) is 6.61 Å². The van der Waals surface area contributed by atoms with Crippen LogP contribution in [0.4, 0.5) is 4.39 Å². The number of hydrogen-bond donors (Lipinski definition) is 0. The average molecular weight is 509 g/mol. The molecule has 0 bridgehead atoms. The van der Waals surface area contributed by atoms with E-state index in [9.17, 15) is 14.0 Å². The van der Waals surface area contributed by atoms with Gasteiger partial charge in [0.2, 0.25) is 0 Å². The van der Waals surface area contributed by atoms with Gasteiger partial charge >= 0.3 is 5.97 Å². The van der Waals surface area contributed by atoms with E-state index in [0.717, 1.165) is 30.7 Å². The molecule has 2 aliphatic carbocycles. The summed E-state index contributed by atoms with van der Waals surface area (Å²) in [5.74, 6) is 1.02. The normalized spacial score (nSPS) is 16.3. The van der Waals surface area contributed by atoms with E-state index in [1.807, 2.05) is 26.7 Å². The first-order chi connectivity index (χ1) is 16.9. The van der Waals surface area contributed by atoms with Crippen LogP contribution in [0.2, 0.25) is 0 Å². The molecule has 0 radical (unpaired) electrons. The fourth-order valence-corrected chi connectivity index (χ4v) is 4.87. The van der Waals surface area contributed by atoms with Gasteiger partial charge in [0, 0.05) is 6.92 Å². The van der Waals surface area contributed by atoms with E-state index in [4.69, 9.17) is 14.3 Å². The monoisotopic (exact) mass is 508 g/mol. The molecular formula is C30H49FO5. The first-order valence-corrected chi connectivity index (χ1v) is 13.3. The summed E-state index contributed by atoms with van der Waals surface area (Å²) < 4.78 is 24.2. The van der Waals surface area contributed by atoms with Crippen LogP contribution >= 0.6 is 0 Å². The molecule has 0 atom stereocenters. The SMILES string of the molecule is C=O.CC(=O)OC1(C)CC1.CC(C)=O.CCCC1(CCC)CC(CCCOc2ccc(C)cc2F)C1. The predicted molar refractivity (Wildman–Crippen MR) is 144 cm³/mol. The van der Waals surface area contributed by atoms with Gasteiger partial charge in [-0.25, -0.2) is 4.39 Å². The standard InChI is InChI=1S/C20H31FO.C6H10O2.C3H6O.CH2O/c1-4-10-20(11-5-2)14-17(15-20)7-6-12-22-19-9-8-16(3)13-18(19)21;1-5(7)8-6(2)3-4-6;1-3(2)4;1-2/h8-9,13,17H,4-7,10-12,14-15H2,1-3H3;3-4H2,1-2H3;1-2H3;1H2. The molecule has 3 rings (SSSR count). The molecule has 0 amide bonds. The molecule has 6 heteroatoms. The molecule has 2 fully saturated rings. The first kappa shape index (κ1) is 33.8. The zero-order chi connectivity index (χ0) is 27.8. The molecule has 0 unspecified atom stereocenters. The molecule has 0 N–H and O–H groups in total. The van der Waals surface area contributed by atoms with Crippen LogP contribution in [0.3, 0.4) is 0 Å². The average Bonchev–Trinajstić information content (AvgIpc) is 3.48. The van der Waals surface area contributed by atoms with E-state index >= 15 is 0 Å². The Hall–Kier alpha value is -2.24. The largest absolute Gasteiger partial charge is 0.491 e. The lowest BCUT2D eigenvalue weighted by atomic mass is 9.57. The highest BCUT2D eigenvalue weighted by Gasteiger charge is 2.42. The number of aryl methyl sites for hydroxylation is 1. The van der Waals surface area contributed by atoms with Crippen molar-refractivity contribution in [1.29, 1.82) is 0 Å². The summed E-state index contributed by atoms with van der Waals surface area (Å²) in [5.41, 5.74) is 1.51. The van der Waals surface area contributed by atoms with Crippen molar-refractivity contribution in [3.63, 3.8) is 0 Å². The van der Waals surface area contributed by atoms with E-state index in [2.05, 4.69) is 13.8 Å². The molecule has 0 spiro atoms. The Kier molecular flexibility index (Phi) is 16.2. The van der Waals surface area contributed by atoms with Gasteiger partial charge in [0.25, 0.3) is 0 Å². The van der Waals surface area contributed by atoms with E-state index in [1.165, 1.54) is 71.8 Å². The van der Waals surface area contributed by atoms with Crippen molar-refractivity contribution in [1.82, 2.24) is 0 Å². The van der Waals surface area contributed by atoms with Crippen molar-refractivity contribution in [3.8, 4) is 5.75 Å². The fraction of sp³-hybridized carbons (Fsp3) is 0.700. The van der Waals surface area contributed by atoms with Gasteiger partial charge in [0.1, 0.15) is 18.2 Å². The number of hydrogen-bond acceptors (Lipinski definition) is 5. The van der Waals surface area contributed by atoms with Crippen LogP contribution in [0.15, 0.2) is 18.2 Å². The Balaban J connectivity index is 0.000000718. The summed E-state index contributed by atoms with van der Waals surface area (Å²) >= 11 is 0. The summed E-state index contributed by atoms with van der Waals surface area (Å²) in [6.07, 6.45) is 12.5. The third-order valence-electron chi connectivity index (χ3n) is 6.45. The Morgan fingerprint density at radius 2 is 1.58 bits per heavy atom. The lowest BCUT2D eigenvalue weighted by Gasteiger charge is -2.48. The minimum Gasteiger partial charge on any atom is -0.491 e. The highest BCUT2D eigenvalue weighted by Crippen LogP contribution is 2.53. The number of carbonyl (C=O) groups excluding carboxylic acids is 3. The van der Waals surface area contributed by atoms with Gasteiger partial charge in [-0.3, -0.25) is 4.79 Å². The number of benzene rings is 1. The van der Waals surface area contributed by atoms with Crippen molar-refractivity contribution < 1.29 is 28.2 Å². The zero-order valence-corrected chi connectivity index (χ0v) is 23.7. The minimum absolute atomic E-state index is 0.0775. The molecule has 36 heavy (non-hydrogen) atoms. The number of ether oxygens (including phenoxy) is 2. The molecule has 2 aliphatic rings. The van der Waals surface area contributed by atoms with E-state index < -0.39 is 0 Å². The molecule has 1 aromatic rings. The van der Waals surface area contributed by atoms with Crippen molar-refractivity contribution >= 4 is 18.5 Å². The highest BCUT2D eigenvalue weighted by molar-refractivity contribution is 5.72. The summed E-state index contributed by atoms with van der Waals surface area (Å²) in [4.78, 5) is 27.7. The van der Waals surface area contributed by atoms with Crippen LogP contribution < -0.4 is 4.74 Å². The van der Waals surface area contributed by atoms with E-state index in [0.29, 0.717) is 17.8 Å². The van der Waals surface area contributed by atoms with Crippen molar-refractivity contribution in [2.24, 2.45) is 11.3 Å². The molecule has 0 aromatic heterocycles. The van der Waals surface area contributed by atoms with Gasteiger partial charge in [-0.1, -0.05) is 32.8 Å². The Bertz CT molecular complexity index is 770. The van der Waals surface area contributed by atoms with Gasteiger partial charge in [-0.15, -0.1) is 0 Å². The molecule has 206 valence electrons. The van der Waals surface area contributed by atoms with Gasteiger partial charge < -0.3 is 19.1 Å². The van der Waals surface area contributed by atoms with Gasteiger partial charge in [-0.05, 0) is 108 Å². The second-order valence-electron chi connectivity index (χ2n) is 10.7. The Labute approximate surface area is 218 Å². The zero-order valence-electron chi connectivity index (χ0n) is 23.7. The molecule has 5 nitrogen and oxygen atoms in total. The molecule has 0 aliphatic heterocycles. The summed E-state index contributed by atoms with van der Waals surface area (Å²) in [6.45, 7) is 15.6. The molecule has 0 saturated heterocycles. The number of esters is 1. The second kappa shape index (κ2) is 17.3. The smallest absolute Gasteiger partial charge is 0.303 e. The van der Waals surface area contributed by atoms with Crippen LogP contribution in [0.5, 0.6) is 5.75 Å². The number of carbonyl (C=O) groups is 3. The molecule has 2 saturated carbocycles. The third kappa shape index (κ3) is 14.4. The van der Waals surface area contributed by atoms with E-state index in [1.54, 1.807) is 6.07 Å². The van der Waals surface area contributed by atoms with Crippen LogP contribution in [0.25, 0.3) is 0 Å². The maximum Gasteiger partial charge on any atom is 0.303 e. The number of ketones is 1. The minimum atomic E-state index is -0.242. The quantitative estimate of drug-likeness (QED) is 0.238. The topological polar surface area (TPSA) is 69.7 Å². The summed E-state index contributed by atoms with van der Waals surface area (Å²) in [5, 5.41) is 0.